The summed E-state index contributed by atoms with van der Waals surface area (Å²) in [7, 11) is -2.40. The molecule has 0 aromatic heterocycles. The normalized spacial score (nSPS) is 10.8. The number of para-hydroxylation sites is 2. The molecule has 6 nitrogen and oxygen atoms in total. The van der Waals surface area contributed by atoms with E-state index in [1.54, 1.807) is 19.2 Å². The molecule has 0 aliphatic carbocycles. The van der Waals surface area contributed by atoms with E-state index in [1.165, 1.54) is 12.1 Å². The van der Waals surface area contributed by atoms with Gasteiger partial charge in [0.1, 0.15) is 18.3 Å². The number of aryl methyl sites for hydroxylation is 1. The van der Waals surface area contributed by atoms with Crippen LogP contribution < -0.4 is 10.1 Å². The Morgan fingerprint density at radius 1 is 0.935 bits per heavy atom. The first-order valence-corrected chi connectivity index (χ1v) is 12.8. The fourth-order valence-electron chi connectivity index (χ4n) is 2.66. The number of anilines is 1. The number of nitrogens with one attached hydrogen (secondary N) is 1. The Hall–Kier alpha value is -2.81. The van der Waals surface area contributed by atoms with Gasteiger partial charge in [-0.15, -0.1) is 0 Å². The van der Waals surface area contributed by atoms with E-state index < -0.39 is 10.1 Å². The molecule has 3 aromatic rings. The zero-order valence-electron chi connectivity index (χ0n) is 17.8. The Bertz CT molecular complexity index is 1130. The van der Waals surface area contributed by atoms with Gasteiger partial charge in [0.15, 0.2) is 4.90 Å². The molecule has 3 aromatic carbocycles. The average Bonchev–Trinajstić information content (AvgIpc) is 2.74. The Balaban J connectivity index is 0.000000262. The Morgan fingerprint density at radius 3 is 2.10 bits per heavy atom. The molecule has 0 saturated carbocycles. The third kappa shape index (κ3) is 7.13. The van der Waals surface area contributed by atoms with Crippen molar-refractivity contribution in [2.24, 2.45) is 0 Å². The highest BCUT2D eigenvalue weighted by Crippen LogP contribution is 2.25. The molecule has 0 spiro atoms. The summed E-state index contributed by atoms with van der Waals surface area (Å²) in [5.74, 6) is 0.552. The molecule has 0 fully saturated rings. The lowest BCUT2D eigenvalue weighted by molar-refractivity contribution is 0.102. The van der Waals surface area contributed by atoms with Gasteiger partial charge >= 0.3 is 0 Å². The number of benzene rings is 3. The molecule has 8 heteroatoms. The lowest BCUT2D eigenvalue weighted by Gasteiger charge is -2.10. The van der Waals surface area contributed by atoms with Gasteiger partial charge in [-0.25, -0.2) is 0 Å². The van der Waals surface area contributed by atoms with E-state index in [9.17, 15) is 13.2 Å². The van der Waals surface area contributed by atoms with Crippen molar-refractivity contribution in [3.05, 3.63) is 83.9 Å². The number of carbonyl (C=O) groups excluding carboxylic acids is 1. The Labute approximate surface area is 186 Å². The van der Waals surface area contributed by atoms with Gasteiger partial charge < -0.3 is 10.1 Å². The quantitative estimate of drug-likeness (QED) is 0.434. The number of carbonyl (C=O) groups is 1. The Kier molecular flexibility index (Phi) is 8.67. The van der Waals surface area contributed by atoms with Gasteiger partial charge in [0, 0.05) is 10.9 Å². The topological polar surface area (TPSA) is 92.7 Å². The predicted octanol–water partition coefficient (Wildman–Crippen LogP) is 4.43. The highest BCUT2D eigenvalue weighted by molar-refractivity contribution is 7.95. The van der Waals surface area contributed by atoms with Gasteiger partial charge in [0.05, 0.1) is 23.3 Å². The molecule has 3 rings (SSSR count). The molecule has 0 saturated heterocycles. The molecule has 0 atom stereocenters. The van der Waals surface area contributed by atoms with Crippen molar-refractivity contribution in [1.82, 2.24) is 0 Å². The first-order chi connectivity index (χ1) is 14.6. The van der Waals surface area contributed by atoms with Crippen LogP contribution in [0.5, 0.6) is 5.75 Å². The zero-order chi connectivity index (χ0) is 23.0. The van der Waals surface area contributed by atoms with Crippen molar-refractivity contribution in [2.75, 3.05) is 24.9 Å². The van der Waals surface area contributed by atoms with Crippen molar-refractivity contribution in [3.8, 4) is 5.75 Å². The SMILES string of the molecule is COc1ccccc1NC(=O)c1ccccc1[S+](C)C.Cc1ccc(S(=O)(=O)O)cc1. The lowest BCUT2D eigenvalue weighted by atomic mass is 10.2. The molecule has 0 aliphatic rings. The van der Waals surface area contributed by atoms with E-state index in [0.29, 0.717) is 17.0 Å². The van der Waals surface area contributed by atoms with E-state index in [0.717, 1.165) is 10.5 Å². The molecule has 1 amide bonds. The van der Waals surface area contributed by atoms with Crippen molar-refractivity contribution >= 4 is 32.6 Å². The fraction of sp³-hybridized carbons (Fsp3) is 0.174. The summed E-state index contributed by atoms with van der Waals surface area (Å²) in [6.07, 6.45) is 4.21. The molecule has 31 heavy (non-hydrogen) atoms. The van der Waals surface area contributed by atoms with Gasteiger partial charge in [0.25, 0.3) is 16.0 Å². The van der Waals surface area contributed by atoms with Crippen LogP contribution in [0.2, 0.25) is 0 Å². The highest BCUT2D eigenvalue weighted by atomic mass is 32.2. The summed E-state index contributed by atoms with van der Waals surface area (Å²) in [4.78, 5) is 13.4. The van der Waals surface area contributed by atoms with Gasteiger partial charge in [-0.2, -0.15) is 8.42 Å². The van der Waals surface area contributed by atoms with Crippen molar-refractivity contribution in [2.45, 2.75) is 16.7 Å². The molecule has 164 valence electrons. The minimum Gasteiger partial charge on any atom is -0.495 e. The first-order valence-electron chi connectivity index (χ1n) is 9.28. The first kappa shape index (κ1) is 24.5. The molecular formula is C23H26NO5S2+. The second kappa shape index (κ2) is 11.0. The van der Waals surface area contributed by atoms with Crippen molar-refractivity contribution in [1.29, 1.82) is 0 Å². The standard InChI is InChI=1S/C16H17NO2S.C7H8O3S/c1-19-14-10-6-5-9-13(14)17-16(18)12-8-4-7-11-15(12)20(2)3;1-6-2-4-7(5-3-6)11(8,9)10/h4-11H,1-3H3;2-5H,1H3,(H,8,9,10)/p+1. The number of hydrogen-bond acceptors (Lipinski definition) is 4. The van der Waals surface area contributed by atoms with Crippen LogP contribution in [0.3, 0.4) is 0 Å². The van der Waals surface area contributed by atoms with Crippen LogP contribution in [0.15, 0.2) is 82.6 Å². The number of amides is 1. The number of rotatable bonds is 5. The summed E-state index contributed by atoms with van der Waals surface area (Å²) in [6, 6.07) is 21.1. The third-order valence-electron chi connectivity index (χ3n) is 4.25. The van der Waals surface area contributed by atoms with Crippen LogP contribution in [-0.4, -0.2) is 38.5 Å². The predicted molar refractivity (Wildman–Crippen MR) is 126 cm³/mol. The summed E-state index contributed by atoms with van der Waals surface area (Å²) in [6.45, 7) is 1.84. The van der Waals surface area contributed by atoms with Gasteiger partial charge in [-0.3, -0.25) is 9.35 Å². The minimum absolute atomic E-state index is 0.0317. The van der Waals surface area contributed by atoms with Crippen LogP contribution >= 0.6 is 0 Å². The van der Waals surface area contributed by atoms with Crippen LogP contribution in [0, 0.1) is 6.92 Å². The van der Waals surface area contributed by atoms with E-state index in [-0.39, 0.29) is 21.7 Å². The minimum atomic E-state index is -4.02. The van der Waals surface area contributed by atoms with E-state index in [2.05, 4.69) is 17.8 Å². The lowest BCUT2D eigenvalue weighted by Crippen LogP contribution is -2.16. The van der Waals surface area contributed by atoms with E-state index in [1.807, 2.05) is 55.5 Å². The summed E-state index contributed by atoms with van der Waals surface area (Å²) >= 11 is 0. The highest BCUT2D eigenvalue weighted by Gasteiger charge is 2.20. The molecule has 0 heterocycles. The smallest absolute Gasteiger partial charge is 0.294 e. The molecule has 2 N–H and O–H groups in total. The molecule has 0 unspecified atom stereocenters. The number of hydrogen-bond donors (Lipinski definition) is 2. The van der Waals surface area contributed by atoms with Crippen molar-refractivity contribution < 1.29 is 22.5 Å². The Morgan fingerprint density at radius 2 is 1.52 bits per heavy atom. The largest absolute Gasteiger partial charge is 0.495 e. The maximum atomic E-state index is 12.4. The second-order valence-corrected chi connectivity index (χ2v) is 10.2. The van der Waals surface area contributed by atoms with E-state index >= 15 is 0 Å². The van der Waals surface area contributed by atoms with Crippen LogP contribution in [0.25, 0.3) is 0 Å². The molecule has 0 radical (unpaired) electrons. The fourth-order valence-corrected chi connectivity index (χ4v) is 4.09. The van der Waals surface area contributed by atoms with Crippen LogP contribution in [0.4, 0.5) is 5.69 Å². The van der Waals surface area contributed by atoms with Crippen LogP contribution in [-0.2, 0) is 21.0 Å². The zero-order valence-corrected chi connectivity index (χ0v) is 19.5. The molecule has 0 aliphatic heterocycles. The third-order valence-corrected chi connectivity index (χ3v) is 6.35. The average molecular weight is 461 g/mol. The molecule has 0 bridgehead atoms. The second-order valence-electron chi connectivity index (χ2n) is 6.76. The monoisotopic (exact) mass is 460 g/mol. The van der Waals surface area contributed by atoms with Gasteiger partial charge in [-0.05, 0) is 43.3 Å². The van der Waals surface area contributed by atoms with Crippen molar-refractivity contribution in [3.63, 3.8) is 0 Å². The maximum absolute atomic E-state index is 12.4. The number of ether oxygens (including phenoxy) is 1. The molecular weight excluding hydrogens is 434 g/mol. The summed E-state index contributed by atoms with van der Waals surface area (Å²) < 4.78 is 34.8. The summed E-state index contributed by atoms with van der Waals surface area (Å²) in [5, 5.41) is 2.91. The maximum Gasteiger partial charge on any atom is 0.294 e. The summed E-state index contributed by atoms with van der Waals surface area (Å²) in [5.41, 5.74) is 2.35. The van der Waals surface area contributed by atoms with Gasteiger partial charge in [0.2, 0.25) is 0 Å². The van der Waals surface area contributed by atoms with E-state index in [4.69, 9.17) is 9.29 Å². The number of methoxy groups -OCH3 is 1. The van der Waals surface area contributed by atoms with Gasteiger partial charge in [-0.1, -0.05) is 42.0 Å². The van der Waals surface area contributed by atoms with Crippen LogP contribution in [0.1, 0.15) is 15.9 Å².